The van der Waals surface area contributed by atoms with E-state index in [0.29, 0.717) is 25.2 Å². The third-order valence-electron chi connectivity index (χ3n) is 3.82. The average Bonchev–Trinajstić information content (AvgIpc) is 2.37. The third kappa shape index (κ3) is 3.49. The highest BCUT2D eigenvalue weighted by Crippen LogP contribution is 2.34. The molecular weight excluding hydrogens is 230 g/mol. The van der Waals surface area contributed by atoms with Gasteiger partial charge < -0.3 is 10.4 Å². The first-order valence-electron chi connectivity index (χ1n) is 6.52. The van der Waals surface area contributed by atoms with Crippen molar-refractivity contribution in [3.05, 3.63) is 0 Å². The van der Waals surface area contributed by atoms with Crippen LogP contribution in [0.1, 0.15) is 51.9 Å². The van der Waals surface area contributed by atoms with Crippen molar-refractivity contribution >= 4 is 11.9 Å². The maximum Gasteiger partial charge on any atom is 0.329 e. The fourth-order valence-electron chi connectivity index (χ4n) is 2.49. The van der Waals surface area contributed by atoms with Crippen LogP contribution in [0.2, 0.25) is 0 Å². The molecule has 0 aromatic carbocycles. The van der Waals surface area contributed by atoms with Gasteiger partial charge in [-0.15, -0.1) is 12.3 Å². The van der Waals surface area contributed by atoms with Crippen LogP contribution in [0.3, 0.4) is 0 Å². The van der Waals surface area contributed by atoms with Crippen molar-refractivity contribution < 1.29 is 14.7 Å². The molecule has 1 fully saturated rings. The van der Waals surface area contributed by atoms with E-state index in [1.54, 1.807) is 0 Å². The van der Waals surface area contributed by atoms with E-state index in [2.05, 4.69) is 18.2 Å². The number of terminal acetylenes is 1. The van der Waals surface area contributed by atoms with E-state index >= 15 is 0 Å². The Balaban J connectivity index is 2.63. The molecule has 1 saturated carbocycles. The van der Waals surface area contributed by atoms with Crippen molar-refractivity contribution in [2.75, 3.05) is 0 Å². The summed E-state index contributed by atoms with van der Waals surface area (Å²) in [4.78, 5) is 23.1. The molecule has 2 N–H and O–H groups in total. The second-order valence-electron chi connectivity index (χ2n) is 4.99. The number of aliphatic carboxylic acids is 1. The summed E-state index contributed by atoms with van der Waals surface area (Å²) in [6, 6.07) is 0. The normalized spacial score (nSPS) is 27.2. The Morgan fingerprint density at radius 3 is 2.50 bits per heavy atom. The molecule has 0 unspecified atom stereocenters. The summed E-state index contributed by atoms with van der Waals surface area (Å²) in [5, 5.41) is 12.0. The lowest BCUT2D eigenvalue weighted by atomic mass is 9.75. The molecule has 1 aliphatic rings. The van der Waals surface area contributed by atoms with Crippen molar-refractivity contribution in [2.45, 2.75) is 57.4 Å². The molecule has 0 aromatic heterocycles. The quantitative estimate of drug-likeness (QED) is 0.734. The summed E-state index contributed by atoms with van der Waals surface area (Å²) in [6.45, 7) is 2.12. The Hall–Kier alpha value is -1.50. The number of nitrogens with one attached hydrogen (secondary N) is 1. The first kappa shape index (κ1) is 14.6. The molecule has 0 aromatic rings. The van der Waals surface area contributed by atoms with Gasteiger partial charge in [-0.05, 0) is 31.6 Å². The molecular formula is C14H21NO3. The molecule has 1 amide bonds. The highest BCUT2D eigenvalue weighted by atomic mass is 16.4. The monoisotopic (exact) mass is 251 g/mol. The Morgan fingerprint density at radius 2 is 2.06 bits per heavy atom. The Kier molecular flexibility index (Phi) is 5.21. The predicted molar refractivity (Wildman–Crippen MR) is 68.8 cm³/mol. The molecule has 1 aliphatic carbocycles. The third-order valence-corrected chi connectivity index (χ3v) is 3.82. The number of hydrogen-bond donors (Lipinski definition) is 2. The van der Waals surface area contributed by atoms with E-state index in [-0.39, 0.29) is 12.3 Å². The minimum Gasteiger partial charge on any atom is -0.480 e. The molecule has 0 atom stereocenters. The minimum absolute atomic E-state index is 0.197. The van der Waals surface area contributed by atoms with Crippen molar-refractivity contribution in [1.29, 1.82) is 0 Å². The van der Waals surface area contributed by atoms with Crippen LogP contribution in [0.5, 0.6) is 0 Å². The Labute approximate surface area is 108 Å². The van der Waals surface area contributed by atoms with Crippen molar-refractivity contribution in [2.24, 2.45) is 5.92 Å². The van der Waals surface area contributed by atoms with Crippen LogP contribution < -0.4 is 5.32 Å². The van der Waals surface area contributed by atoms with Crippen LogP contribution in [-0.4, -0.2) is 22.5 Å². The number of carbonyl (C=O) groups is 2. The van der Waals surface area contributed by atoms with Gasteiger partial charge in [-0.1, -0.05) is 13.3 Å². The van der Waals surface area contributed by atoms with E-state index in [4.69, 9.17) is 6.42 Å². The molecule has 0 heterocycles. The minimum atomic E-state index is -1.07. The lowest BCUT2D eigenvalue weighted by molar-refractivity contribution is -0.149. The van der Waals surface area contributed by atoms with E-state index < -0.39 is 11.5 Å². The van der Waals surface area contributed by atoms with E-state index in [0.717, 1.165) is 19.3 Å². The van der Waals surface area contributed by atoms with Gasteiger partial charge in [0.2, 0.25) is 5.91 Å². The summed E-state index contributed by atoms with van der Waals surface area (Å²) in [5.74, 6) is 1.79. The van der Waals surface area contributed by atoms with Gasteiger partial charge in [0.25, 0.3) is 0 Å². The fraction of sp³-hybridized carbons (Fsp3) is 0.714. The summed E-state index contributed by atoms with van der Waals surface area (Å²) in [5.41, 5.74) is -1.07. The highest BCUT2D eigenvalue weighted by Gasteiger charge is 2.42. The molecule has 18 heavy (non-hydrogen) atoms. The first-order valence-corrected chi connectivity index (χ1v) is 6.52. The topological polar surface area (TPSA) is 66.4 Å². The number of carboxylic acid groups (broad SMARTS) is 1. The molecule has 4 nitrogen and oxygen atoms in total. The second-order valence-corrected chi connectivity index (χ2v) is 4.99. The maximum atomic E-state index is 11.7. The predicted octanol–water partition coefficient (Wildman–Crippen LogP) is 1.94. The van der Waals surface area contributed by atoms with Crippen LogP contribution in [0, 0.1) is 18.3 Å². The van der Waals surface area contributed by atoms with E-state index in [1.807, 2.05) is 0 Å². The van der Waals surface area contributed by atoms with Gasteiger partial charge in [0.05, 0.1) is 0 Å². The molecule has 100 valence electrons. The van der Waals surface area contributed by atoms with Gasteiger partial charge in [0.15, 0.2) is 0 Å². The highest BCUT2D eigenvalue weighted by molar-refractivity contribution is 5.87. The van der Waals surface area contributed by atoms with E-state index in [1.165, 1.54) is 0 Å². The van der Waals surface area contributed by atoms with Crippen LogP contribution in [0.25, 0.3) is 0 Å². The lowest BCUT2D eigenvalue weighted by Crippen LogP contribution is -2.56. The molecule has 4 heteroatoms. The number of carboxylic acids is 1. The van der Waals surface area contributed by atoms with Gasteiger partial charge in [-0.2, -0.15) is 0 Å². The Bertz CT molecular complexity index is 349. The number of carbonyl (C=O) groups excluding carboxylic acids is 1. The standard InChI is InChI=1S/C14H21NO3/c1-3-5-6-12(16)15-14(13(17)18)9-7-11(4-2)8-10-14/h1,11H,4-10H2,2H3,(H,15,16)(H,17,18). The average molecular weight is 251 g/mol. The summed E-state index contributed by atoms with van der Waals surface area (Å²) >= 11 is 0. The SMILES string of the molecule is C#CCCC(=O)NC1(C(=O)O)CCC(CC)CC1. The molecule has 0 radical (unpaired) electrons. The van der Waals surface area contributed by atoms with Gasteiger partial charge >= 0.3 is 5.97 Å². The fourth-order valence-corrected chi connectivity index (χ4v) is 2.49. The summed E-state index contributed by atoms with van der Waals surface area (Å²) < 4.78 is 0. The number of rotatable bonds is 5. The number of amides is 1. The molecule has 0 saturated heterocycles. The molecule has 0 aliphatic heterocycles. The van der Waals surface area contributed by atoms with Gasteiger partial charge in [-0.3, -0.25) is 4.79 Å². The molecule has 0 spiro atoms. The molecule has 1 rings (SSSR count). The molecule has 0 bridgehead atoms. The first-order chi connectivity index (χ1) is 8.54. The Morgan fingerprint density at radius 1 is 1.44 bits per heavy atom. The van der Waals surface area contributed by atoms with Crippen molar-refractivity contribution in [3.63, 3.8) is 0 Å². The van der Waals surface area contributed by atoms with Crippen molar-refractivity contribution in [1.82, 2.24) is 5.32 Å². The van der Waals surface area contributed by atoms with Crippen LogP contribution in [0.4, 0.5) is 0 Å². The second kappa shape index (κ2) is 6.44. The number of hydrogen-bond acceptors (Lipinski definition) is 2. The lowest BCUT2D eigenvalue weighted by Gasteiger charge is -2.37. The summed E-state index contributed by atoms with van der Waals surface area (Å²) in [7, 11) is 0. The van der Waals surface area contributed by atoms with Crippen LogP contribution in [0.15, 0.2) is 0 Å². The smallest absolute Gasteiger partial charge is 0.329 e. The van der Waals surface area contributed by atoms with Crippen LogP contribution >= 0.6 is 0 Å². The van der Waals surface area contributed by atoms with Gasteiger partial charge in [0.1, 0.15) is 5.54 Å². The van der Waals surface area contributed by atoms with Crippen LogP contribution in [-0.2, 0) is 9.59 Å². The van der Waals surface area contributed by atoms with Gasteiger partial charge in [-0.25, -0.2) is 4.79 Å². The van der Waals surface area contributed by atoms with Crippen molar-refractivity contribution in [3.8, 4) is 12.3 Å². The van der Waals surface area contributed by atoms with Gasteiger partial charge in [0, 0.05) is 12.8 Å². The zero-order chi connectivity index (χ0) is 13.6. The zero-order valence-electron chi connectivity index (χ0n) is 10.9. The maximum absolute atomic E-state index is 11.7. The largest absolute Gasteiger partial charge is 0.480 e. The summed E-state index contributed by atoms with van der Waals surface area (Å²) in [6.07, 6.45) is 9.46. The zero-order valence-corrected chi connectivity index (χ0v) is 10.9. The van der Waals surface area contributed by atoms with E-state index in [9.17, 15) is 14.7 Å².